The molecule has 11 atom stereocenters. The highest BCUT2D eigenvalue weighted by molar-refractivity contribution is 9.30. The maximum Gasteiger partial charge on any atom is 0.268 e. The summed E-state index contributed by atoms with van der Waals surface area (Å²) >= 11 is 5.80. The molecule has 0 fully saturated rings. The van der Waals surface area contributed by atoms with Gasteiger partial charge in [0.15, 0.2) is 16.7 Å². The zero-order valence-electron chi connectivity index (χ0n) is 30.4. The Bertz CT molecular complexity index is 2060. The molecule has 10 nitrogen and oxygen atoms in total. The molecule has 0 amide bonds. The second-order valence-electron chi connectivity index (χ2n) is 10.3. The molecule has 318 valence electrons. The van der Waals surface area contributed by atoms with Crippen molar-refractivity contribution < 1.29 is 27.7 Å². The topological polar surface area (TPSA) is 105 Å². The summed E-state index contributed by atoms with van der Waals surface area (Å²) in [6.45, 7) is 7.71. The van der Waals surface area contributed by atoms with Crippen LogP contribution in [0.4, 0.5) is 26.0 Å². The van der Waals surface area contributed by atoms with Crippen molar-refractivity contribution in [1.82, 2.24) is 19.9 Å². The van der Waals surface area contributed by atoms with Gasteiger partial charge in [0, 0.05) is 5.69 Å². The van der Waals surface area contributed by atoms with Crippen LogP contribution in [0.5, 0.6) is 34.8 Å². The first-order valence-corrected chi connectivity index (χ1v) is 44.0. The highest BCUT2D eigenvalue weighted by Crippen LogP contribution is 3.24. The quantitative estimate of drug-likeness (QED) is 0.0661. The Kier molecular flexibility index (Phi) is 28.5. The Balaban J connectivity index is 0.000000314. The van der Waals surface area contributed by atoms with E-state index in [-0.39, 0.29) is 90.6 Å². The highest BCUT2D eigenvalue weighted by Gasteiger charge is 2.35. The number of hydrogen-bond acceptors (Lipinski definition) is 9. The van der Waals surface area contributed by atoms with E-state index in [1.165, 1.54) is 75.4 Å². The van der Waals surface area contributed by atoms with Crippen LogP contribution < -0.4 is 24.3 Å². The van der Waals surface area contributed by atoms with E-state index in [0.29, 0.717) is 28.8 Å². The Morgan fingerprint density at radius 1 is 0.610 bits per heavy atom. The number of ether oxygens (including phenoxy) is 4. The number of halogens is 3. The summed E-state index contributed by atoms with van der Waals surface area (Å²) in [5, 5.41) is 3.24. The van der Waals surface area contributed by atoms with Crippen molar-refractivity contribution in [1.29, 1.82) is 0 Å². The van der Waals surface area contributed by atoms with Gasteiger partial charge in [0.1, 0.15) is 35.8 Å². The molecule has 0 aliphatic carbocycles. The fourth-order valence-electron chi connectivity index (χ4n) is 3.95. The van der Waals surface area contributed by atoms with Gasteiger partial charge in [-0.2, -0.15) is 9.97 Å². The van der Waals surface area contributed by atoms with Gasteiger partial charge in [-0.3, -0.25) is 0 Å². The van der Waals surface area contributed by atoms with Crippen molar-refractivity contribution >= 4 is 158 Å². The van der Waals surface area contributed by atoms with Crippen LogP contribution in [0.25, 0.3) is 4.85 Å². The molecule has 0 radical (unpaired) electrons. The minimum Gasteiger partial charge on any atom is -0.489 e. The van der Waals surface area contributed by atoms with Crippen molar-refractivity contribution in [2.75, 3.05) is 19.5 Å². The third-order valence-corrected chi connectivity index (χ3v) is 103. The van der Waals surface area contributed by atoms with Crippen LogP contribution in [0, 0.1) is 18.2 Å². The van der Waals surface area contributed by atoms with Crippen molar-refractivity contribution in [2.24, 2.45) is 0 Å². The molecule has 59 heavy (non-hydrogen) atoms. The van der Waals surface area contributed by atoms with Crippen LogP contribution in [0.15, 0.2) is 85.5 Å². The van der Waals surface area contributed by atoms with Gasteiger partial charge in [-0.1, -0.05) is 31.2 Å². The summed E-state index contributed by atoms with van der Waals surface area (Å²) < 4.78 is 47.1. The molecule has 2 aromatic heterocycles. The Morgan fingerprint density at radius 2 is 1.05 bits per heavy atom. The van der Waals surface area contributed by atoms with E-state index in [4.69, 9.17) is 37.1 Å². The van der Waals surface area contributed by atoms with Crippen LogP contribution in [-0.2, 0) is 0 Å². The van der Waals surface area contributed by atoms with Gasteiger partial charge in [-0.15, -0.1) is 80.4 Å². The van der Waals surface area contributed by atoms with E-state index >= 15 is 0 Å². The summed E-state index contributed by atoms with van der Waals surface area (Å²) in [6, 6.07) is 18.0. The summed E-state index contributed by atoms with van der Waals surface area (Å²) in [7, 11) is 30.7. The lowest BCUT2D eigenvalue weighted by molar-refractivity contribution is 0.367. The van der Waals surface area contributed by atoms with Gasteiger partial charge in [0.2, 0.25) is 11.5 Å². The molecule has 5 aromatic rings. The minimum absolute atomic E-state index is 0. The third-order valence-electron chi connectivity index (χ3n) is 6.42. The molecule has 3 aromatic carbocycles. The SMILES string of the molecule is C.COc1c(Cl)ncnc1Oc1ccc(F)cc1.PP(P)P(P)P(P(P)P)P(P(P)P)P(P)P.[C-]#[N+]c1ccc(Nc2ncnc(Oc3ccc(F)cc3)c2OC)cc1. The predicted molar refractivity (Wildman–Crippen MR) is 294 cm³/mol. The maximum atomic E-state index is 13.0. The molecule has 0 bridgehead atoms. The fourth-order valence-corrected chi connectivity index (χ4v) is 168. The van der Waals surface area contributed by atoms with E-state index in [0.717, 1.165) is 5.69 Å². The number of rotatable bonds is 14. The first-order valence-electron chi connectivity index (χ1n) is 15.5. The smallest absolute Gasteiger partial charge is 0.268 e. The normalized spacial score (nSPS) is 11.7. The van der Waals surface area contributed by atoms with E-state index < -0.39 is 0 Å². The lowest BCUT2D eigenvalue weighted by atomic mass is 10.3. The maximum absolute atomic E-state index is 13.0. The van der Waals surface area contributed by atoms with E-state index in [1.807, 2.05) is 0 Å². The Morgan fingerprint density at radius 3 is 1.46 bits per heavy atom. The number of aromatic nitrogens is 4. The zero-order valence-corrected chi connectivity index (χ0v) is 47.8. The third kappa shape index (κ3) is 19.0. The lowest BCUT2D eigenvalue weighted by Gasteiger charge is -2.40. The van der Waals surface area contributed by atoms with Gasteiger partial charge in [-0.05, 0) is 110 Å². The molecule has 0 saturated carbocycles. The molecule has 11 unspecified atom stereocenters. The first-order chi connectivity index (χ1) is 27.6. The number of benzene rings is 3. The number of anilines is 2. The highest BCUT2D eigenvalue weighted by atomic mass is 35.5. The second kappa shape index (κ2) is 29.8. The van der Waals surface area contributed by atoms with Gasteiger partial charge in [-0.25, -0.2) is 23.6 Å². The monoisotopic (exact) mass is 1120 g/mol. The van der Waals surface area contributed by atoms with Gasteiger partial charge < -0.3 is 24.3 Å². The van der Waals surface area contributed by atoms with E-state index in [2.05, 4.69) is 110 Å². The average molecular weight is 1120 g/mol. The van der Waals surface area contributed by atoms with Crippen LogP contribution in [-0.4, -0.2) is 34.2 Å². The molecule has 0 spiro atoms. The first kappa shape index (κ1) is 56.5. The van der Waals surface area contributed by atoms with Crippen LogP contribution >= 0.6 is 141 Å². The summed E-state index contributed by atoms with van der Waals surface area (Å²) in [4.78, 5) is 19.2. The van der Waals surface area contributed by atoms with E-state index in [9.17, 15) is 8.78 Å². The fraction of sp³-hybridized carbons (Fsp3) is 0.100. The Labute approximate surface area is 378 Å². The van der Waals surface area contributed by atoms with Gasteiger partial charge in [0.25, 0.3) is 11.8 Å². The molecule has 29 heteroatoms. The molecule has 0 aliphatic heterocycles. The molecule has 5 rings (SSSR count). The molecule has 0 aliphatic rings. The number of hydrogen-bond donors (Lipinski definition) is 1. The average Bonchev–Trinajstić information content (AvgIpc) is 3.19. The number of nitrogens with one attached hydrogen (secondary N) is 1. The number of methoxy groups -OCH3 is 2. The summed E-state index contributed by atoms with van der Waals surface area (Å²) in [6.07, 6.45) is 2.58. The van der Waals surface area contributed by atoms with Crippen molar-refractivity contribution in [3.8, 4) is 34.8 Å². The van der Waals surface area contributed by atoms with Crippen molar-refractivity contribution in [3.63, 3.8) is 0 Å². The minimum atomic E-state index is -0.354. The molecule has 1 N–H and O–H groups in total. The van der Waals surface area contributed by atoms with Crippen LogP contribution in [0.3, 0.4) is 0 Å². The molecular weight excluding hydrogens is 1080 g/mol. The predicted octanol–water partition coefficient (Wildman–Crippen LogP) is 17.4. The van der Waals surface area contributed by atoms with Crippen molar-refractivity contribution in [2.45, 2.75) is 7.43 Å². The lowest BCUT2D eigenvalue weighted by Crippen LogP contribution is -2.01. The summed E-state index contributed by atoms with van der Waals surface area (Å²) in [5.41, 5.74) is 1.28. The standard InChI is InChI=1S/C18H13FN4O2.C11H8ClFN2O2.CH4.H18P16/c1-20-13-5-7-14(8-6-13)23-17-16(24-2)18(22-11-21-17)25-15-9-3-12(19)4-10-15;1-16-9-10(12)14-6-15-11(9)17-8-4-2-7(13)3-5-8;;1-10(2)14(9)16(13(7)8)15(11(3)4)12(5)6/h3-11H,2H3,(H,21,22,23);2-6H,1H3;1H4;1-9H2. The molecule has 0 saturated heterocycles. The Hall–Kier alpha value is 1.34. The molecule has 2 heterocycles. The summed E-state index contributed by atoms with van der Waals surface area (Å²) in [5.74, 6) is 1.48. The largest absolute Gasteiger partial charge is 0.489 e. The van der Waals surface area contributed by atoms with Crippen molar-refractivity contribution in [3.05, 3.63) is 114 Å². The van der Waals surface area contributed by atoms with E-state index in [1.54, 1.807) is 24.3 Å². The van der Waals surface area contributed by atoms with Crippen LogP contribution in [0.1, 0.15) is 7.43 Å². The zero-order chi connectivity index (χ0) is 42.9. The van der Waals surface area contributed by atoms with Crippen LogP contribution in [0.2, 0.25) is 5.15 Å². The number of nitrogens with zero attached hydrogens (tertiary/aromatic N) is 5. The second-order valence-corrected chi connectivity index (χ2v) is 72.5. The van der Waals surface area contributed by atoms with Gasteiger partial charge in [0.05, 0.1) is 20.8 Å². The van der Waals surface area contributed by atoms with Gasteiger partial charge >= 0.3 is 0 Å². The molecular formula is C30H43ClF2N6O4P16.